The SMILES string of the molecule is N#CCc1nc(-c2cccs2)c(NC(=O)c2ccccc2)s1. The first kappa shape index (κ1) is 14.4. The average molecular weight is 325 g/mol. The molecule has 4 nitrogen and oxygen atoms in total. The van der Waals surface area contributed by atoms with Crippen LogP contribution in [0.3, 0.4) is 0 Å². The van der Waals surface area contributed by atoms with Crippen LogP contribution in [-0.4, -0.2) is 10.9 Å². The Morgan fingerprint density at radius 3 is 2.73 bits per heavy atom. The van der Waals surface area contributed by atoms with Gasteiger partial charge < -0.3 is 5.32 Å². The summed E-state index contributed by atoms with van der Waals surface area (Å²) in [5.41, 5.74) is 1.32. The highest BCUT2D eigenvalue weighted by Crippen LogP contribution is 2.36. The number of hydrogen-bond acceptors (Lipinski definition) is 5. The topological polar surface area (TPSA) is 65.8 Å². The fourth-order valence-corrected chi connectivity index (χ4v) is 3.63. The Balaban J connectivity index is 1.92. The van der Waals surface area contributed by atoms with Crippen molar-refractivity contribution < 1.29 is 4.79 Å². The number of anilines is 1. The molecule has 2 aromatic heterocycles. The van der Waals surface area contributed by atoms with E-state index < -0.39 is 0 Å². The molecule has 108 valence electrons. The van der Waals surface area contributed by atoms with Crippen molar-refractivity contribution in [3.05, 3.63) is 58.4 Å². The van der Waals surface area contributed by atoms with Crippen LogP contribution in [0, 0.1) is 11.3 Å². The lowest BCUT2D eigenvalue weighted by molar-refractivity contribution is 0.102. The number of aromatic nitrogens is 1. The van der Waals surface area contributed by atoms with E-state index in [-0.39, 0.29) is 12.3 Å². The van der Waals surface area contributed by atoms with Gasteiger partial charge in [0.2, 0.25) is 0 Å². The van der Waals surface area contributed by atoms with Gasteiger partial charge in [-0.15, -0.1) is 11.3 Å². The van der Waals surface area contributed by atoms with Crippen LogP contribution in [-0.2, 0) is 6.42 Å². The Bertz CT molecular complexity index is 817. The first-order valence-corrected chi connectivity index (χ1v) is 8.24. The van der Waals surface area contributed by atoms with Crippen molar-refractivity contribution in [3.8, 4) is 16.6 Å². The van der Waals surface area contributed by atoms with E-state index in [1.807, 2.05) is 35.7 Å². The summed E-state index contributed by atoms with van der Waals surface area (Å²) in [5, 5.41) is 15.1. The highest BCUT2D eigenvalue weighted by molar-refractivity contribution is 7.18. The zero-order valence-electron chi connectivity index (χ0n) is 11.4. The normalized spacial score (nSPS) is 10.1. The van der Waals surface area contributed by atoms with Gasteiger partial charge >= 0.3 is 0 Å². The van der Waals surface area contributed by atoms with Crippen LogP contribution < -0.4 is 5.32 Å². The van der Waals surface area contributed by atoms with Crippen molar-refractivity contribution in [3.63, 3.8) is 0 Å². The lowest BCUT2D eigenvalue weighted by Gasteiger charge is -2.04. The van der Waals surface area contributed by atoms with Gasteiger partial charge in [-0.2, -0.15) is 5.26 Å². The molecular weight excluding hydrogens is 314 g/mol. The summed E-state index contributed by atoms with van der Waals surface area (Å²) >= 11 is 2.90. The maximum absolute atomic E-state index is 12.3. The Morgan fingerprint density at radius 2 is 2.05 bits per heavy atom. The molecule has 6 heteroatoms. The van der Waals surface area contributed by atoms with E-state index in [0.717, 1.165) is 10.6 Å². The summed E-state index contributed by atoms with van der Waals surface area (Å²) in [5.74, 6) is -0.175. The first-order valence-electron chi connectivity index (χ1n) is 6.55. The van der Waals surface area contributed by atoms with Gasteiger partial charge in [-0.3, -0.25) is 4.79 Å². The van der Waals surface area contributed by atoms with E-state index in [2.05, 4.69) is 16.4 Å². The third-order valence-corrected chi connectivity index (χ3v) is 4.77. The third-order valence-electron chi connectivity index (χ3n) is 2.92. The molecule has 0 aliphatic rings. The summed E-state index contributed by atoms with van der Waals surface area (Å²) in [4.78, 5) is 17.8. The number of benzene rings is 1. The summed E-state index contributed by atoms with van der Waals surface area (Å²) in [6.07, 6.45) is 0.240. The monoisotopic (exact) mass is 325 g/mol. The van der Waals surface area contributed by atoms with Gasteiger partial charge in [-0.05, 0) is 23.6 Å². The number of thiazole rings is 1. The van der Waals surface area contributed by atoms with Gasteiger partial charge in [-0.1, -0.05) is 35.6 Å². The molecule has 0 fully saturated rings. The molecule has 1 N–H and O–H groups in total. The smallest absolute Gasteiger partial charge is 0.256 e. The van der Waals surface area contributed by atoms with Gasteiger partial charge in [0.05, 0.1) is 17.4 Å². The number of rotatable bonds is 4. The molecule has 0 radical (unpaired) electrons. The number of hydrogen-bond donors (Lipinski definition) is 1. The van der Waals surface area contributed by atoms with Crippen molar-refractivity contribution in [2.75, 3.05) is 5.32 Å². The Kier molecular flexibility index (Phi) is 4.28. The summed E-state index contributed by atoms with van der Waals surface area (Å²) in [6.45, 7) is 0. The largest absolute Gasteiger partial charge is 0.312 e. The minimum atomic E-state index is -0.175. The molecule has 0 bridgehead atoms. The Morgan fingerprint density at radius 1 is 1.23 bits per heavy atom. The van der Waals surface area contributed by atoms with Crippen molar-refractivity contribution in [2.45, 2.75) is 6.42 Å². The van der Waals surface area contributed by atoms with Gasteiger partial charge in [-0.25, -0.2) is 4.98 Å². The molecule has 1 amide bonds. The fourth-order valence-electron chi connectivity index (χ4n) is 1.94. The Labute approximate surface area is 135 Å². The molecule has 0 saturated heterocycles. The number of carbonyl (C=O) groups is 1. The van der Waals surface area contributed by atoms with Crippen molar-refractivity contribution in [2.24, 2.45) is 0 Å². The Hall–Kier alpha value is -2.49. The molecule has 0 aliphatic heterocycles. The minimum Gasteiger partial charge on any atom is -0.312 e. The first-order chi connectivity index (χ1) is 10.8. The molecule has 0 saturated carbocycles. The van der Waals surface area contributed by atoms with E-state index in [1.54, 1.807) is 23.5 Å². The average Bonchev–Trinajstić information content (AvgIpc) is 3.18. The molecule has 2 heterocycles. The number of thiophene rings is 1. The van der Waals surface area contributed by atoms with Gasteiger partial charge in [0.15, 0.2) is 0 Å². The minimum absolute atomic E-state index is 0.175. The molecule has 3 aromatic rings. The van der Waals surface area contributed by atoms with Crippen LogP contribution in [0.25, 0.3) is 10.6 Å². The highest BCUT2D eigenvalue weighted by atomic mass is 32.1. The predicted octanol–water partition coefficient (Wildman–Crippen LogP) is 4.19. The van der Waals surface area contributed by atoms with Crippen molar-refractivity contribution in [1.82, 2.24) is 4.98 Å². The van der Waals surface area contributed by atoms with Crippen molar-refractivity contribution >= 4 is 33.6 Å². The van der Waals surface area contributed by atoms with Crippen LogP contribution in [0.4, 0.5) is 5.00 Å². The fraction of sp³-hybridized carbons (Fsp3) is 0.0625. The number of nitrogens with one attached hydrogen (secondary N) is 1. The second kappa shape index (κ2) is 6.52. The van der Waals surface area contributed by atoms with Crippen LogP contribution in [0.2, 0.25) is 0 Å². The molecule has 0 unspecified atom stereocenters. The van der Waals surface area contributed by atoms with Gasteiger partial charge in [0.25, 0.3) is 5.91 Å². The number of carbonyl (C=O) groups excluding carboxylic acids is 1. The maximum Gasteiger partial charge on any atom is 0.256 e. The van der Waals surface area contributed by atoms with E-state index >= 15 is 0 Å². The number of nitriles is 1. The maximum atomic E-state index is 12.3. The summed E-state index contributed by atoms with van der Waals surface area (Å²) in [7, 11) is 0. The zero-order valence-corrected chi connectivity index (χ0v) is 13.1. The van der Waals surface area contributed by atoms with E-state index in [1.165, 1.54) is 11.3 Å². The lowest BCUT2D eigenvalue weighted by atomic mass is 10.2. The van der Waals surface area contributed by atoms with Crippen LogP contribution in [0.5, 0.6) is 0 Å². The molecule has 3 rings (SSSR count). The summed E-state index contributed by atoms with van der Waals surface area (Å²) in [6, 6.07) is 15.0. The van der Waals surface area contributed by atoms with Gasteiger partial charge in [0, 0.05) is 5.56 Å². The molecule has 0 spiro atoms. The van der Waals surface area contributed by atoms with Gasteiger partial charge in [0.1, 0.15) is 15.7 Å². The van der Waals surface area contributed by atoms with Crippen LogP contribution in [0.15, 0.2) is 47.8 Å². The molecule has 1 aromatic carbocycles. The van der Waals surface area contributed by atoms with E-state index in [0.29, 0.717) is 15.6 Å². The van der Waals surface area contributed by atoms with Crippen molar-refractivity contribution in [1.29, 1.82) is 5.26 Å². The van der Waals surface area contributed by atoms with Crippen LogP contribution >= 0.6 is 22.7 Å². The number of amides is 1. The second-order valence-electron chi connectivity index (χ2n) is 4.42. The molecular formula is C16H11N3OS2. The quantitative estimate of drug-likeness (QED) is 0.782. The third kappa shape index (κ3) is 3.06. The predicted molar refractivity (Wildman–Crippen MR) is 89.1 cm³/mol. The standard InChI is InChI=1S/C16H11N3OS2/c17-9-8-13-18-14(12-7-4-10-21-12)16(22-13)19-15(20)11-5-2-1-3-6-11/h1-7,10H,8H2,(H,19,20). The molecule has 0 aliphatic carbocycles. The summed E-state index contributed by atoms with van der Waals surface area (Å²) < 4.78 is 0. The molecule has 22 heavy (non-hydrogen) atoms. The highest BCUT2D eigenvalue weighted by Gasteiger charge is 2.16. The van der Waals surface area contributed by atoms with Crippen LogP contribution in [0.1, 0.15) is 15.4 Å². The van der Waals surface area contributed by atoms with E-state index in [4.69, 9.17) is 5.26 Å². The zero-order chi connectivity index (χ0) is 15.4. The second-order valence-corrected chi connectivity index (χ2v) is 6.45. The number of nitrogens with zero attached hydrogens (tertiary/aromatic N) is 2. The molecule has 0 atom stereocenters. The lowest BCUT2D eigenvalue weighted by Crippen LogP contribution is -2.11. The van der Waals surface area contributed by atoms with E-state index in [9.17, 15) is 4.79 Å².